The van der Waals surface area contributed by atoms with Crippen LogP contribution in [0.1, 0.15) is 43.2 Å². The summed E-state index contributed by atoms with van der Waals surface area (Å²) in [5.41, 5.74) is 2.30. The first-order chi connectivity index (χ1) is 14.2. The van der Waals surface area contributed by atoms with Gasteiger partial charge in [-0.2, -0.15) is 0 Å². The maximum atomic E-state index is 12.4. The third-order valence-corrected chi connectivity index (χ3v) is 6.24. The van der Waals surface area contributed by atoms with Crippen molar-refractivity contribution in [2.24, 2.45) is 0 Å². The van der Waals surface area contributed by atoms with Gasteiger partial charge in [0.05, 0.1) is 7.11 Å². The molecule has 4 nitrogen and oxygen atoms in total. The number of hydrogen-bond donors (Lipinski definition) is 1. The minimum Gasteiger partial charge on any atom is -0.496 e. The molecule has 4 rings (SSSR count). The van der Waals surface area contributed by atoms with E-state index in [0.29, 0.717) is 12.1 Å². The molecule has 2 bridgehead atoms. The Morgan fingerprint density at radius 2 is 1.76 bits per heavy atom. The molecule has 1 N–H and O–H groups in total. The summed E-state index contributed by atoms with van der Waals surface area (Å²) in [4.78, 5) is 15.1. The van der Waals surface area contributed by atoms with Crippen LogP contribution in [0.25, 0.3) is 6.08 Å². The third kappa shape index (κ3) is 4.88. The zero-order valence-corrected chi connectivity index (χ0v) is 17.1. The van der Waals surface area contributed by atoms with Crippen LogP contribution in [0.15, 0.2) is 60.7 Å². The molecule has 0 unspecified atom stereocenters. The zero-order valence-electron chi connectivity index (χ0n) is 17.1. The van der Waals surface area contributed by atoms with Crippen LogP contribution in [0.5, 0.6) is 5.75 Å². The molecule has 2 aromatic rings. The third-order valence-electron chi connectivity index (χ3n) is 6.24. The van der Waals surface area contributed by atoms with Gasteiger partial charge in [-0.1, -0.05) is 55.0 Å². The predicted octanol–water partition coefficient (Wildman–Crippen LogP) is 4.41. The summed E-state index contributed by atoms with van der Waals surface area (Å²) >= 11 is 0. The Hall–Kier alpha value is -2.59. The predicted molar refractivity (Wildman–Crippen MR) is 117 cm³/mol. The second-order valence-electron chi connectivity index (χ2n) is 8.14. The van der Waals surface area contributed by atoms with Crippen molar-refractivity contribution in [3.63, 3.8) is 0 Å². The van der Waals surface area contributed by atoms with Gasteiger partial charge in [0.2, 0.25) is 5.91 Å². The van der Waals surface area contributed by atoms with Gasteiger partial charge in [0.25, 0.3) is 0 Å². The van der Waals surface area contributed by atoms with E-state index in [4.69, 9.17) is 4.74 Å². The molecular weight excluding hydrogens is 360 g/mol. The molecule has 4 heteroatoms. The summed E-state index contributed by atoms with van der Waals surface area (Å²) in [7, 11) is 1.74. The molecule has 29 heavy (non-hydrogen) atoms. The van der Waals surface area contributed by atoms with E-state index in [1.54, 1.807) is 13.2 Å². The van der Waals surface area contributed by atoms with E-state index < -0.39 is 0 Å². The van der Waals surface area contributed by atoms with E-state index >= 15 is 0 Å². The van der Waals surface area contributed by atoms with E-state index in [9.17, 15) is 4.79 Å². The van der Waals surface area contributed by atoms with Crippen LogP contribution in [0, 0.1) is 0 Å². The van der Waals surface area contributed by atoms with Crippen LogP contribution >= 0.6 is 0 Å². The summed E-state index contributed by atoms with van der Waals surface area (Å²) in [6.07, 6.45) is 9.29. The Morgan fingerprint density at radius 3 is 2.48 bits per heavy atom. The summed E-state index contributed by atoms with van der Waals surface area (Å²) in [5.74, 6) is 0.974. The summed E-state index contributed by atoms with van der Waals surface area (Å²) < 4.78 is 5.55. The summed E-state index contributed by atoms with van der Waals surface area (Å²) in [6.45, 7) is 0.925. The van der Waals surface area contributed by atoms with Gasteiger partial charge in [-0.15, -0.1) is 0 Å². The molecule has 1 amide bonds. The fourth-order valence-electron chi connectivity index (χ4n) is 4.87. The largest absolute Gasteiger partial charge is 0.496 e. The normalized spacial score (nSPS) is 24.4. The molecular formula is C25H30N2O2. The molecule has 2 heterocycles. The average molecular weight is 391 g/mol. The number of para-hydroxylation sites is 1. The highest BCUT2D eigenvalue weighted by Gasteiger charge is 2.38. The Labute approximate surface area is 173 Å². The number of nitrogens with one attached hydrogen (secondary N) is 1. The number of hydrogen-bond acceptors (Lipinski definition) is 3. The number of methoxy groups -OCH3 is 1. The molecule has 0 aromatic heterocycles. The fourth-order valence-corrected chi connectivity index (χ4v) is 4.87. The quantitative estimate of drug-likeness (QED) is 0.743. The Kier molecular flexibility index (Phi) is 6.30. The maximum Gasteiger partial charge on any atom is 0.244 e. The van der Waals surface area contributed by atoms with E-state index in [1.807, 2.05) is 48.5 Å². The number of piperidine rings is 2. The molecule has 2 fully saturated rings. The summed E-state index contributed by atoms with van der Waals surface area (Å²) in [5, 5.41) is 3.25. The second kappa shape index (κ2) is 9.27. The Balaban J connectivity index is 1.38. The van der Waals surface area contributed by atoms with E-state index in [2.05, 4.69) is 22.3 Å². The molecule has 2 saturated heterocycles. The van der Waals surface area contributed by atoms with Crippen molar-refractivity contribution in [1.29, 1.82) is 0 Å². The minimum absolute atomic E-state index is 0.00936. The van der Waals surface area contributed by atoms with Crippen molar-refractivity contribution in [2.75, 3.05) is 7.11 Å². The highest BCUT2D eigenvalue weighted by Crippen LogP contribution is 2.36. The van der Waals surface area contributed by atoms with Gasteiger partial charge in [0.1, 0.15) is 5.75 Å². The van der Waals surface area contributed by atoms with Crippen molar-refractivity contribution in [2.45, 2.75) is 56.8 Å². The molecule has 0 spiro atoms. The van der Waals surface area contributed by atoms with Crippen molar-refractivity contribution >= 4 is 12.0 Å². The SMILES string of the molecule is COc1ccccc1CN1[C@@H]2CCC[C@@H]1CC(NC(=O)/C=C/c1ccccc1)C2. The van der Waals surface area contributed by atoms with Crippen molar-refractivity contribution in [3.05, 3.63) is 71.8 Å². The number of ether oxygens (including phenoxy) is 1. The van der Waals surface area contributed by atoms with Crippen LogP contribution in [0.3, 0.4) is 0 Å². The maximum absolute atomic E-state index is 12.4. The van der Waals surface area contributed by atoms with E-state index in [-0.39, 0.29) is 11.9 Å². The highest BCUT2D eigenvalue weighted by atomic mass is 16.5. The topological polar surface area (TPSA) is 41.6 Å². The standard InChI is InChI=1S/C25H30N2O2/c1-29-24-13-6-5-10-20(24)18-27-22-11-7-12-23(27)17-21(16-22)26-25(28)15-14-19-8-3-2-4-9-19/h2-6,8-10,13-15,21-23H,7,11-12,16-18H2,1H3,(H,26,28)/b15-14+/t22-,23-/m1/s1. The van der Waals surface area contributed by atoms with E-state index in [1.165, 1.54) is 24.8 Å². The van der Waals surface area contributed by atoms with Gasteiger partial charge >= 0.3 is 0 Å². The van der Waals surface area contributed by atoms with Crippen molar-refractivity contribution in [1.82, 2.24) is 10.2 Å². The molecule has 152 valence electrons. The Bertz CT molecular complexity index is 835. The van der Waals surface area contributed by atoms with Gasteiger partial charge in [0.15, 0.2) is 0 Å². The molecule has 0 aliphatic carbocycles. The number of rotatable bonds is 6. The fraction of sp³-hybridized carbons (Fsp3) is 0.400. The lowest BCUT2D eigenvalue weighted by Crippen LogP contribution is -2.56. The number of amides is 1. The smallest absolute Gasteiger partial charge is 0.244 e. The number of carbonyl (C=O) groups is 1. The van der Waals surface area contributed by atoms with Gasteiger partial charge in [-0.3, -0.25) is 9.69 Å². The molecule has 2 aromatic carbocycles. The molecule has 0 radical (unpaired) electrons. The first kappa shape index (κ1) is 19.7. The number of nitrogens with zero attached hydrogens (tertiary/aromatic N) is 1. The molecule has 2 atom stereocenters. The van der Waals surface area contributed by atoms with Crippen LogP contribution in [-0.4, -0.2) is 36.0 Å². The minimum atomic E-state index is 0.00936. The number of carbonyl (C=O) groups excluding carboxylic acids is 1. The van der Waals surface area contributed by atoms with Gasteiger partial charge < -0.3 is 10.1 Å². The van der Waals surface area contributed by atoms with Crippen molar-refractivity contribution in [3.8, 4) is 5.75 Å². The summed E-state index contributed by atoms with van der Waals surface area (Å²) in [6, 6.07) is 19.6. The lowest BCUT2D eigenvalue weighted by Gasteiger charge is -2.49. The zero-order chi connectivity index (χ0) is 20.1. The lowest BCUT2D eigenvalue weighted by molar-refractivity contribution is -0.118. The first-order valence-corrected chi connectivity index (χ1v) is 10.6. The number of benzene rings is 2. The van der Waals surface area contributed by atoms with Crippen molar-refractivity contribution < 1.29 is 9.53 Å². The van der Waals surface area contributed by atoms with Crippen LogP contribution in [0.2, 0.25) is 0 Å². The van der Waals surface area contributed by atoms with Gasteiger partial charge in [-0.05, 0) is 43.4 Å². The average Bonchev–Trinajstić information content (AvgIpc) is 2.74. The van der Waals surface area contributed by atoms with Gasteiger partial charge in [0, 0.05) is 36.3 Å². The monoisotopic (exact) mass is 390 g/mol. The number of fused-ring (bicyclic) bond motifs is 2. The van der Waals surface area contributed by atoms with Crippen LogP contribution in [0.4, 0.5) is 0 Å². The first-order valence-electron chi connectivity index (χ1n) is 10.6. The molecule has 0 saturated carbocycles. The lowest BCUT2D eigenvalue weighted by atomic mass is 9.81. The Morgan fingerprint density at radius 1 is 1.07 bits per heavy atom. The van der Waals surface area contributed by atoms with Crippen LogP contribution in [-0.2, 0) is 11.3 Å². The van der Waals surface area contributed by atoms with Gasteiger partial charge in [-0.25, -0.2) is 0 Å². The molecule has 2 aliphatic heterocycles. The molecule has 2 aliphatic rings. The van der Waals surface area contributed by atoms with Crippen LogP contribution < -0.4 is 10.1 Å². The highest BCUT2D eigenvalue weighted by molar-refractivity contribution is 5.91. The van der Waals surface area contributed by atoms with E-state index in [0.717, 1.165) is 30.7 Å². The second-order valence-corrected chi connectivity index (χ2v) is 8.14.